The number of nitrogens with zero attached hydrogens (tertiary/aromatic N) is 1. The second-order valence-electron chi connectivity index (χ2n) is 4.44. The summed E-state index contributed by atoms with van der Waals surface area (Å²) in [6, 6.07) is 0.668. The highest BCUT2D eigenvalue weighted by molar-refractivity contribution is 5.84. The lowest BCUT2D eigenvalue weighted by molar-refractivity contribution is 0.415. The third-order valence-corrected chi connectivity index (χ3v) is 2.16. The van der Waals surface area contributed by atoms with Gasteiger partial charge < -0.3 is 4.90 Å². The van der Waals surface area contributed by atoms with Crippen molar-refractivity contribution >= 4 is 5.84 Å². The van der Waals surface area contributed by atoms with Gasteiger partial charge in [-0.25, -0.2) is 0 Å². The zero-order valence-corrected chi connectivity index (χ0v) is 7.94. The average Bonchev–Trinajstić information content (AvgIpc) is 2.63. The van der Waals surface area contributed by atoms with Gasteiger partial charge in [0.15, 0.2) is 0 Å². The molecule has 0 amide bonds. The monoisotopic (exact) mass is 154 g/mol. The first kappa shape index (κ1) is 8.57. The van der Waals surface area contributed by atoms with Crippen LogP contribution in [0.5, 0.6) is 0 Å². The maximum atomic E-state index is 7.84. The summed E-state index contributed by atoms with van der Waals surface area (Å²) in [6.07, 6.45) is 2.55. The van der Waals surface area contributed by atoms with Crippen molar-refractivity contribution in [1.82, 2.24) is 4.90 Å². The molecule has 1 saturated carbocycles. The van der Waals surface area contributed by atoms with E-state index in [0.29, 0.717) is 6.04 Å². The van der Waals surface area contributed by atoms with E-state index in [4.69, 9.17) is 5.41 Å². The SMILES string of the molecule is CN(C(=N)C(C)(C)C)C1CC1. The summed E-state index contributed by atoms with van der Waals surface area (Å²) in [5, 5.41) is 7.84. The molecule has 2 heteroatoms. The van der Waals surface area contributed by atoms with Crippen molar-refractivity contribution < 1.29 is 0 Å². The third-order valence-electron chi connectivity index (χ3n) is 2.16. The van der Waals surface area contributed by atoms with E-state index in [9.17, 15) is 0 Å². The van der Waals surface area contributed by atoms with Crippen LogP contribution in [0.25, 0.3) is 0 Å². The van der Waals surface area contributed by atoms with Gasteiger partial charge in [-0.15, -0.1) is 0 Å². The molecular weight excluding hydrogens is 136 g/mol. The van der Waals surface area contributed by atoms with E-state index < -0.39 is 0 Å². The molecule has 2 nitrogen and oxygen atoms in total. The van der Waals surface area contributed by atoms with E-state index >= 15 is 0 Å². The van der Waals surface area contributed by atoms with Crippen LogP contribution in [-0.2, 0) is 0 Å². The fraction of sp³-hybridized carbons (Fsp3) is 0.889. The van der Waals surface area contributed by atoms with E-state index in [1.54, 1.807) is 0 Å². The first-order chi connectivity index (χ1) is 4.93. The summed E-state index contributed by atoms with van der Waals surface area (Å²) >= 11 is 0. The Kier molecular flexibility index (Phi) is 1.95. The lowest BCUT2D eigenvalue weighted by Gasteiger charge is -2.29. The molecule has 1 fully saturated rings. The fourth-order valence-corrected chi connectivity index (χ4v) is 1.17. The quantitative estimate of drug-likeness (QED) is 0.454. The van der Waals surface area contributed by atoms with Gasteiger partial charge in [-0.3, -0.25) is 5.41 Å². The molecule has 11 heavy (non-hydrogen) atoms. The van der Waals surface area contributed by atoms with Crippen molar-refractivity contribution in [2.45, 2.75) is 39.7 Å². The lowest BCUT2D eigenvalue weighted by atomic mass is 9.94. The zero-order chi connectivity index (χ0) is 8.65. The molecule has 0 heterocycles. The Balaban J connectivity index is 2.52. The second-order valence-corrected chi connectivity index (χ2v) is 4.44. The van der Waals surface area contributed by atoms with E-state index in [1.807, 2.05) is 7.05 Å². The molecule has 0 bridgehead atoms. The molecule has 0 aliphatic heterocycles. The topological polar surface area (TPSA) is 27.1 Å². The van der Waals surface area contributed by atoms with Gasteiger partial charge in [-0.2, -0.15) is 0 Å². The van der Waals surface area contributed by atoms with Gasteiger partial charge in [0.1, 0.15) is 5.84 Å². The minimum absolute atomic E-state index is 0.0112. The first-order valence-electron chi connectivity index (χ1n) is 4.25. The molecule has 1 aliphatic carbocycles. The molecule has 0 radical (unpaired) electrons. The van der Waals surface area contributed by atoms with E-state index in [1.165, 1.54) is 12.8 Å². The first-order valence-corrected chi connectivity index (χ1v) is 4.25. The third kappa shape index (κ3) is 1.95. The summed E-state index contributed by atoms with van der Waals surface area (Å²) < 4.78 is 0. The highest BCUT2D eigenvalue weighted by atomic mass is 15.2. The van der Waals surface area contributed by atoms with Gasteiger partial charge in [-0.05, 0) is 12.8 Å². The van der Waals surface area contributed by atoms with Gasteiger partial charge in [0, 0.05) is 18.5 Å². The number of nitrogens with one attached hydrogen (secondary N) is 1. The molecule has 0 aromatic carbocycles. The maximum Gasteiger partial charge on any atom is 0.101 e. The van der Waals surface area contributed by atoms with Crippen LogP contribution >= 0.6 is 0 Å². The molecule has 64 valence electrons. The normalized spacial score (nSPS) is 18.2. The fourth-order valence-electron chi connectivity index (χ4n) is 1.17. The van der Waals surface area contributed by atoms with E-state index in [0.717, 1.165) is 5.84 Å². The highest BCUT2D eigenvalue weighted by Gasteiger charge is 2.32. The van der Waals surface area contributed by atoms with Crippen LogP contribution in [0.1, 0.15) is 33.6 Å². The Morgan fingerprint density at radius 3 is 2.09 bits per heavy atom. The molecule has 1 aliphatic rings. The Bertz CT molecular complexity index is 163. The average molecular weight is 154 g/mol. The smallest absolute Gasteiger partial charge is 0.101 e. The standard InChI is InChI=1S/C9H18N2/c1-9(2,3)8(10)11(4)7-5-6-7/h7,10H,5-6H2,1-4H3. The molecule has 0 aromatic heterocycles. The Labute approximate surface area is 69.1 Å². The van der Waals surface area contributed by atoms with Crippen molar-refractivity contribution in [2.75, 3.05) is 7.05 Å². The summed E-state index contributed by atoms with van der Waals surface area (Å²) in [6.45, 7) is 6.27. The van der Waals surface area contributed by atoms with Crippen LogP contribution in [0.4, 0.5) is 0 Å². The summed E-state index contributed by atoms with van der Waals surface area (Å²) in [5.41, 5.74) is 0.0112. The highest BCUT2D eigenvalue weighted by Crippen LogP contribution is 2.29. The number of rotatable bonds is 1. The van der Waals surface area contributed by atoms with Crippen LogP contribution < -0.4 is 0 Å². The largest absolute Gasteiger partial charge is 0.360 e. The van der Waals surface area contributed by atoms with Crippen LogP contribution in [0.3, 0.4) is 0 Å². The summed E-state index contributed by atoms with van der Waals surface area (Å²) in [7, 11) is 2.03. The van der Waals surface area contributed by atoms with Crippen LogP contribution in [0.15, 0.2) is 0 Å². The van der Waals surface area contributed by atoms with Crippen LogP contribution in [0, 0.1) is 10.8 Å². The van der Waals surface area contributed by atoms with Crippen molar-refractivity contribution in [2.24, 2.45) is 5.41 Å². The van der Waals surface area contributed by atoms with Gasteiger partial charge in [0.2, 0.25) is 0 Å². The van der Waals surface area contributed by atoms with Crippen molar-refractivity contribution in [3.05, 3.63) is 0 Å². The lowest BCUT2D eigenvalue weighted by Crippen LogP contribution is -2.37. The molecule has 1 rings (SSSR count). The Morgan fingerprint density at radius 1 is 1.36 bits per heavy atom. The second kappa shape index (κ2) is 2.50. The van der Waals surface area contributed by atoms with Gasteiger partial charge in [0.05, 0.1) is 0 Å². The molecule has 0 spiro atoms. The van der Waals surface area contributed by atoms with Crippen molar-refractivity contribution in [3.8, 4) is 0 Å². The zero-order valence-electron chi connectivity index (χ0n) is 7.94. The molecule has 0 saturated heterocycles. The predicted molar refractivity (Wildman–Crippen MR) is 48.0 cm³/mol. The van der Waals surface area contributed by atoms with Gasteiger partial charge >= 0.3 is 0 Å². The van der Waals surface area contributed by atoms with Gasteiger partial charge in [0.25, 0.3) is 0 Å². The molecule has 0 unspecified atom stereocenters. The Hall–Kier alpha value is -0.530. The molecule has 0 aromatic rings. The maximum absolute atomic E-state index is 7.84. The van der Waals surface area contributed by atoms with E-state index in [-0.39, 0.29) is 5.41 Å². The number of hydrogen-bond acceptors (Lipinski definition) is 1. The number of amidine groups is 1. The summed E-state index contributed by atoms with van der Waals surface area (Å²) in [4.78, 5) is 2.11. The molecule has 0 atom stereocenters. The predicted octanol–water partition coefficient (Wildman–Crippen LogP) is 2.10. The van der Waals surface area contributed by atoms with E-state index in [2.05, 4.69) is 25.7 Å². The number of hydrogen-bond donors (Lipinski definition) is 1. The molecule has 1 N–H and O–H groups in total. The Morgan fingerprint density at radius 2 is 1.82 bits per heavy atom. The molecular formula is C9H18N2. The van der Waals surface area contributed by atoms with Crippen molar-refractivity contribution in [1.29, 1.82) is 5.41 Å². The van der Waals surface area contributed by atoms with Crippen molar-refractivity contribution in [3.63, 3.8) is 0 Å². The van der Waals surface area contributed by atoms with Gasteiger partial charge in [-0.1, -0.05) is 20.8 Å². The minimum Gasteiger partial charge on any atom is -0.360 e. The van der Waals surface area contributed by atoms with Crippen LogP contribution in [0.2, 0.25) is 0 Å². The van der Waals surface area contributed by atoms with Crippen LogP contribution in [-0.4, -0.2) is 23.8 Å². The summed E-state index contributed by atoms with van der Waals surface area (Å²) in [5.74, 6) is 0.764. The minimum atomic E-state index is 0.0112.